The Morgan fingerprint density at radius 1 is 1.23 bits per heavy atom. The van der Waals surface area contributed by atoms with Crippen LogP contribution in [-0.4, -0.2) is 45.9 Å². The number of nitrogens with one attached hydrogen (secondary N) is 1. The second-order valence-electron chi connectivity index (χ2n) is 8.40. The Morgan fingerprint density at radius 3 is 2.68 bits per heavy atom. The van der Waals surface area contributed by atoms with Crippen molar-refractivity contribution in [2.75, 3.05) is 31.6 Å². The van der Waals surface area contributed by atoms with Gasteiger partial charge in [0.2, 0.25) is 15.9 Å². The van der Waals surface area contributed by atoms with Crippen molar-refractivity contribution in [1.82, 2.24) is 9.62 Å². The molecule has 8 heteroatoms. The van der Waals surface area contributed by atoms with Crippen LogP contribution in [0.1, 0.15) is 30.4 Å². The van der Waals surface area contributed by atoms with E-state index in [-0.39, 0.29) is 16.7 Å². The van der Waals surface area contributed by atoms with E-state index in [9.17, 15) is 13.2 Å². The minimum atomic E-state index is -3.68. The molecular formula is C23H28BrN3O3S. The summed E-state index contributed by atoms with van der Waals surface area (Å²) in [6.07, 6.45) is 3.34. The lowest BCUT2D eigenvalue weighted by molar-refractivity contribution is -0.119. The highest BCUT2D eigenvalue weighted by atomic mass is 79.9. The maximum absolute atomic E-state index is 13.0. The first-order valence-corrected chi connectivity index (χ1v) is 13.0. The van der Waals surface area contributed by atoms with Gasteiger partial charge in [-0.05, 0) is 78.5 Å². The number of nitrogens with zero attached hydrogens (tertiary/aromatic N) is 2. The van der Waals surface area contributed by atoms with Crippen molar-refractivity contribution in [2.24, 2.45) is 5.92 Å². The molecule has 166 valence electrons. The number of halogens is 1. The van der Waals surface area contributed by atoms with Crippen LogP contribution < -0.4 is 9.62 Å². The predicted octanol–water partition coefficient (Wildman–Crippen LogP) is 3.55. The summed E-state index contributed by atoms with van der Waals surface area (Å²) < 4.78 is 29.2. The van der Waals surface area contributed by atoms with E-state index in [1.807, 2.05) is 31.3 Å². The Kier molecular flexibility index (Phi) is 6.81. The third-order valence-corrected chi connectivity index (χ3v) is 8.23. The smallest absolute Gasteiger partial charge is 0.241 e. The Hall–Kier alpha value is -1.74. The zero-order valence-electron chi connectivity index (χ0n) is 17.7. The van der Waals surface area contributed by atoms with Crippen molar-refractivity contribution in [1.29, 1.82) is 0 Å². The highest BCUT2D eigenvalue weighted by molar-refractivity contribution is 9.10. The van der Waals surface area contributed by atoms with Crippen molar-refractivity contribution in [3.8, 4) is 0 Å². The van der Waals surface area contributed by atoms with Gasteiger partial charge in [0.1, 0.15) is 0 Å². The summed E-state index contributed by atoms with van der Waals surface area (Å²) in [4.78, 5) is 16.7. The number of hydrogen-bond acceptors (Lipinski definition) is 4. The molecule has 0 aromatic heterocycles. The normalized spacial score (nSPS) is 16.0. The maximum Gasteiger partial charge on any atom is 0.241 e. The summed E-state index contributed by atoms with van der Waals surface area (Å²) in [6.45, 7) is 2.60. The summed E-state index contributed by atoms with van der Waals surface area (Å²) in [5.41, 5.74) is 2.99. The number of sulfonamides is 1. The Bertz CT molecular complexity index is 1060. The molecule has 1 heterocycles. The van der Waals surface area contributed by atoms with Crippen LogP contribution in [0.15, 0.2) is 51.8 Å². The maximum atomic E-state index is 13.0. The van der Waals surface area contributed by atoms with Gasteiger partial charge in [-0.2, -0.15) is 0 Å². The fraction of sp³-hybridized carbons (Fsp3) is 0.435. The molecule has 0 saturated heterocycles. The van der Waals surface area contributed by atoms with Gasteiger partial charge in [0.15, 0.2) is 0 Å². The van der Waals surface area contributed by atoms with E-state index in [0.29, 0.717) is 24.0 Å². The second kappa shape index (κ2) is 9.40. The van der Waals surface area contributed by atoms with Crippen LogP contribution in [0.4, 0.5) is 5.69 Å². The number of carbonyl (C=O) groups excluding carboxylic acids is 1. The molecule has 0 radical (unpaired) electrons. The van der Waals surface area contributed by atoms with Gasteiger partial charge < -0.3 is 9.80 Å². The summed E-state index contributed by atoms with van der Waals surface area (Å²) in [5.74, 6) is 0.236. The number of rotatable bonds is 9. The number of carbonyl (C=O) groups is 1. The topological polar surface area (TPSA) is 69.7 Å². The van der Waals surface area contributed by atoms with Gasteiger partial charge in [-0.25, -0.2) is 13.1 Å². The molecule has 1 saturated carbocycles. The van der Waals surface area contributed by atoms with Gasteiger partial charge >= 0.3 is 0 Å². The van der Waals surface area contributed by atoms with Crippen molar-refractivity contribution in [3.05, 3.63) is 58.1 Å². The van der Waals surface area contributed by atoms with Gasteiger partial charge in [-0.3, -0.25) is 4.79 Å². The largest absolute Gasteiger partial charge is 0.312 e. The fourth-order valence-electron chi connectivity index (χ4n) is 3.98. The van der Waals surface area contributed by atoms with E-state index in [1.165, 1.54) is 5.56 Å². The number of amides is 1. The van der Waals surface area contributed by atoms with E-state index in [1.54, 1.807) is 11.0 Å². The standard InChI is InChI=1S/C23H28BrN3O3S/c1-26(16-17-6-3-2-4-7-17)12-5-11-25-31(29,30)22-15-21-19(14-20(22)24)10-13-27(21)23(28)18-8-9-18/h2-4,6-7,14-15,18,25H,5,8-13,16H2,1H3. The summed E-state index contributed by atoms with van der Waals surface area (Å²) in [5, 5.41) is 0. The lowest BCUT2D eigenvalue weighted by atomic mass is 10.2. The Balaban J connectivity index is 1.36. The molecule has 6 nitrogen and oxygen atoms in total. The zero-order valence-corrected chi connectivity index (χ0v) is 20.1. The average Bonchev–Trinajstić information content (AvgIpc) is 3.51. The van der Waals surface area contributed by atoms with E-state index in [0.717, 1.165) is 43.6 Å². The third kappa shape index (κ3) is 5.37. The molecule has 1 N–H and O–H groups in total. The number of fused-ring (bicyclic) bond motifs is 1. The lowest BCUT2D eigenvalue weighted by Gasteiger charge is -2.19. The number of anilines is 1. The molecule has 1 fully saturated rings. The van der Waals surface area contributed by atoms with Crippen molar-refractivity contribution in [3.63, 3.8) is 0 Å². The molecule has 1 aliphatic carbocycles. The van der Waals surface area contributed by atoms with Crippen molar-refractivity contribution < 1.29 is 13.2 Å². The second-order valence-corrected chi connectivity index (χ2v) is 11.0. The van der Waals surface area contributed by atoms with Gasteiger partial charge in [0.25, 0.3) is 0 Å². The summed E-state index contributed by atoms with van der Waals surface area (Å²) in [7, 11) is -1.64. The van der Waals surface area contributed by atoms with E-state index in [4.69, 9.17) is 0 Å². The summed E-state index contributed by atoms with van der Waals surface area (Å²) >= 11 is 3.42. The first kappa shape index (κ1) is 22.5. The number of benzene rings is 2. The lowest BCUT2D eigenvalue weighted by Crippen LogP contribution is -2.31. The molecule has 2 aromatic rings. The quantitative estimate of drug-likeness (QED) is 0.529. The molecule has 1 amide bonds. The highest BCUT2D eigenvalue weighted by Gasteiger charge is 2.37. The molecule has 0 bridgehead atoms. The molecule has 0 atom stereocenters. The van der Waals surface area contributed by atoms with Gasteiger partial charge in [0.05, 0.1) is 4.90 Å². The van der Waals surface area contributed by atoms with E-state index < -0.39 is 10.0 Å². The van der Waals surface area contributed by atoms with Crippen LogP contribution >= 0.6 is 15.9 Å². The molecule has 2 aromatic carbocycles. The van der Waals surface area contributed by atoms with Crippen LogP contribution in [0.3, 0.4) is 0 Å². The van der Waals surface area contributed by atoms with Crippen LogP contribution in [0.5, 0.6) is 0 Å². The minimum Gasteiger partial charge on any atom is -0.312 e. The highest BCUT2D eigenvalue weighted by Crippen LogP contribution is 2.39. The van der Waals surface area contributed by atoms with Gasteiger partial charge in [-0.15, -0.1) is 0 Å². The monoisotopic (exact) mass is 505 g/mol. The van der Waals surface area contributed by atoms with E-state index >= 15 is 0 Å². The molecule has 0 unspecified atom stereocenters. The van der Waals surface area contributed by atoms with Crippen molar-refractivity contribution >= 4 is 37.5 Å². The summed E-state index contributed by atoms with van der Waals surface area (Å²) in [6, 6.07) is 13.7. The first-order valence-electron chi connectivity index (χ1n) is 10.7. The first-order chi connectivity index (χ1) is 14.8. The molecule has 0 spiro atoms. The fourth-order valence-corrected chi connectivity index (χ4v) is 6.16. The molecule has 31 heavy (non-hydrogen) atoms. The molecule has 4 rings (SSSR count). The van der Waals surface area contributed by atoms with Crippen LogP contribution in [0, 0.1) is 5.92 Å². The van der Waals surface area contributed by atoms with Crippen LogP contribution in [-0.2, 0) is 27.8 Å². The Labute approximate surface area is 192 Å². The number of hydrogen-bond donors (Lipinski definition) is 1. The molecule has 2 aliphatic rings. The average molecular weight is 506 g/mol. The van der Waals surface area contributed by atoms with Crippen LogP contribution in [0.25, 0.3) is 0 Å². The SMILES string of the molecule is CN(CCCNS(=O)(=O)c1cc2c(cc1Br)CCN2C(=O)C1CC1)Cc1ccccc1. The zero-order chi connectivity index (χ0) is 22.0. The third-order valence-electron chi connectivity index (χ3n) is 5.81. The van der Waals surface area contributed by atoms with Gasteiger partial charge in [-0.1, -0.05) is 30.3 Å². The predicted molar refractivity (Wildman–Crippen MR) is 126 cm³/mol. The minimum absolute atomic E-state index is 0.112. The van der Waals surface area contributed by atoms with E-state index in [2.05, 4.69) is 37.7 Å². The van der Waals surface area contributed by atoms with Crippen LogP contribution in [0.2, 0.25) is 0 Å². The van der Waals surface area contributed by atoms with Gasteiger partial charge in [0, 0.05) is 35.7 Å². The Morgan fingerprint density at radius 2 is 1.97 bits per heavy atom. The van der Waals surface area contributed by atoms with Crippen molar-refractivity contribution in [2.45, 2.75) is 37.1 Å². The molecular weight excluding hydrogens is 478 g/mol. The molecule has 1 aliphatic heterocycles.